The van der Waals surface area contributed by atoms with Gasteiger partial charge in [-0.05, 0) is 25.5 Å². The lowest BCUT2D eigenvalue weighted by Gasteiger charge is -2.33. The van der Waals surface area contributed by atoms with E-state index < -0.39 is 0 Å². The Bertz CT molecular complexity index is 359. The minimum Gasteiger partial charge on any atom is -0.314 e. The predicted octanol–water partition coefficient (Wildman–Crippen LogP) is 2.10. The molecule has 3 heteroatoms. The number of benzene rings is 1. The van der Waals surface area contributed by atoms with Gasteiger partial charge in [0.25, 0.3) is 0 Å². The van der Waals surface area contributed by atoms with Crippen LogP contribution in [0.5, 0.6) is 0 Å². The van der Waals surface area contributed by atoms with E-state index in [1.165, 1.54) is 0 Å². The lowest BCUT2D eigenvalue weighted by atomic mass is 10.0. The Labute approximate surface area is 96.5 Å². The molecular weight excluding hydrogens is 203 g/mol. The van der Waals surface area contributed by atoms with Crippen LogP contribution in [0.1, 0.15) is 24.1 Å². The first-order valence-electron chi connectivity index (χ1n) is 5.89. The van der Waals surface area contributed by atoms with Gasteiger partial charge in [0.05, 0.1) is 0 Å². The van der Waals surface area contributed by atoms with Crippen molar-refractivity contribution in [1.82, 2.24) is 10.2 Å². The molecule has 1 fully saturated rings. The second kappa shape index (κ2) is 4.93. The average Bonchev–Trinajstić information content (AvgIpc) is 2.29. The van der Waals surface area contributed by atoms with E-state index in [1.807, 2.05) is 19.1 Å². The molecule has 0 aliphatic carbocycles. The van der Waals surface area contributed by atoms with Gasteiger partial charge in [-0.25, -0.2) is 4.39 Å². The van der Waals surface area contributed by atoms with Crippen molar-refractivity contribution in [1.29, 1.82) is 0 Å². The van der Waals surface area contributed by atoms with Gasteiger partial charge in [0, 0.05) is 37.8 Å². The molecule has 1 saturated heterocycles. The summed E-state index contributed by atoms with van der Waals surface area (Å²) in [7, 11) is 0. The van der Waals surface area contributed by atoms with Crippen molar-refractivity contribution in [2.45, 2.75) is 19.9 Å². The molecule has 1 atom stereocenters. The summed E-state index contributed by atoms with van der Waals surface area (Å²) in [6.45, 7) is 7.99. The van der Waals surface area contributed by atoms with Gasteiger partial charge in [-0.3, -0.25) is 4.90 Å². The highest BCUT2D eigenvalue weighted by Gasteiger charge is 2.20. The van der Waals surface area contributed by atoms with E-state index in [1.54, 1.807) is 6.07 Å². The Kier molecular flexibility index (Phi) is 3.56. The zero-order chi connectivity index (χ0) is 11.5. The summed E-state index contributed by atoms with van der Waals surface area (Å²) < 4.78 is 13.8. The summed E-state index contributed by atoms with van der Waals surface area (Å²) in [5, 5.41) is 3.31. The summed E-state index contributed by atoms with van der Waals surface area (Å²) in [6, 6.07) is 5.69. The van der Waals surface area contributed by atoms with Gasteiger partial charge in [-0.1, -0.05) is 12.1 Å². The number of nitrogens with one attached hydrogen (secondary N) is 1. The van der Waals surface area contributed by atoms with Crippen molar-refractivity contribution >= 4 is 0 Å². The normalized spacial score (nSPS) is 19.7. The van der Waals surface area contributed by atoms with Gasteiger partial charge in [-0.2, -0.15) is 0 Å². The van der Waals surface area contributed by atoms with Gasteiger partial charge < -0.3 is 5.32 Å². The number of halogens is 1. The third-order valence-electron chi connectivity index (χ3n) is 3.31. The third-order valence-corrected chi connectivity index (χ3v) is 3.31. The molecule has 1 N–H and O–H groups in total. The molecule has 0 unspecified atom stereocenters. The Balaban J connectivity index is 2.15. The molecule has 0 aromatic heterocycles. The topological polar surface area (TPSA) is 15.3 Å². The van der Waals surface area contributed by atoms with Crippen LogP contribution in [-0.4, -0.2) is 31.1 Å². The number of aryl methyl sites for hydroxylation is 1. The minimum absolute atomic E-state index is 0.0777. The second-order valence-electron chi connectivity index (χ2n) is 4.49. The van der Waals surface area contributed by atoms with Gasteiger partial charge in [-0.15, -0.1) is 0 Å². The van der Waals surface area contributed by atoms with Crippen LogP contribution in [0, 0.1) is 12.7 Å². The number of piperazine rings is 1. The fourth-order valence-corrected chi connectivity index (χ4v) is 2.24. The summed E-state index contributed by atoms with van der Waals surface area (Å²) in [6.07, 6.45) is 0. The Hall–Kier alpha value is -0.930. The molecule has 0 bridgehead atoms. The van der Waals surface area contributed by atoms with Crippen molar-refractivity contribution < 1.29 is 4.39 Å². The van der Waals surface area contributed by atoms with E-state index in [-0.39, 0.29) is 11.9 Å². The molecule has 1 aliphatic heterocycles. The number of hydrogen-bond donors (Lipinski definition) is 1. The van der Waals surface area contributed by atoms with Gasteiger partial charge in [0.15, 0.2) is 0 Å². The highest BCUT2D eigenvalue weighted by atomic mass is 19.1. The number of nitrogens with zero attached hydrogens (tertiary/aromatic N) is 1. The van der Waals surface area contributed by atoms with Crippen LogP contribution in [0.4, 0.5) is 4.39 Å². The Morgan fingerprint density at radius 1 is 1.31 bits per heavy atom. The highest BCUT2D eigenvalue weighted by molar-refractivity contribution is 5.25. The molecule has 2 rings (SSSR count). The van der Waals surface area contributed by atoms with Gasteiger partial charge >= 0.3 is 0 Å². The maximum atomic E-state index is 13.8. The molecule has 1 aromatic rings. The average molecular weight is 222 g/mol. The van der Waals surface area contributed by atoms with Crippen LogP contribution >= 0.6 is 0 Å². The Morgan fingerprint density at radius 2 is 2.00 bits per heavy atom. The van der Waals surface area contributed by atoms with E-state index in [0.717, 1.165) is 37.3 Å². The molecule has 88 valence electrons. The Morgan fingerprint density at radius 3 is 2.62 bits per heavy atom. The number of hydrogen-bond acceptors (Lipinski definition) is 2. The van der Waals surface area contributed by atoms with E-state index in [2.05, 4.69) is 17.1 Å². The van der Waals surface area contributed by atoms with E-state index in [0.29, 0.717) is 0 Å². The zero-order valence-corrected chi connectivity index (χ0v) is 9.96. The van der Waals surface area contributed by atoms with Crippen LogP contribution < -0.4 is 5.32 Å². The molecule has 0 radical (unpaired) electrons. The smallest absolute Gasteiger partial charge is 0.128 e. The maximum Gasteiger partial charge on any atom is 0.128 e. The fourth-order valence-electron chi connectivity index (χ4n) is 2.24. The lowest BCUT2D eigenvalue weighted by molar-refractivity contribution is 0.182. The minimum atomic E-state index is -0.0777. The first-order chi connectivity index (χ1) is 7.68. The molecular formula is C13H19FN2. The lowest BCUT2D eigenvalue weighted by Crippen LogP contribution is -2.44. The molecule has 2 nitrogen and oxygen atoms in total. The third kappa shape index (κ3) is 2.42. The zero-order valence-electron chi connectivity index (χ0n) is 9.96. The first-order valence-corrected chi connectivity index (χ1v) is 5.89. The summed E-state index contributed by atoms with van der Waals surface area (Å²) in [5.41, 5.74) is 1.79. The summed E-state index contributed by atoms with van der Waals surface area (Å²) in [4.78, 5) is 2.32. The molecule has 0 saturated carbocycles. The number of rotatable bonds is 2. The summed E-state index contributed by atoms with van der Waals surface area (Å²) >= 11 is 0. The van der Waals surface area contributed by atoms with Crippen LogP contribution in [0.2, 0.25) is 0 Å². The molecule has 16 heavy (non-hydrogen) atoms. The molecule has 0 amide bonds. The molecule has 1 aromatic carbocycles. The van der Waals surface area contributed by atoms with Gasteiger partial charge in [0.2, 0.25) is 0 Å². The monoisotopic (exact) mass is 222 g/mol. The van der Waals surface area contributed by atoms with Crippen molar-refractivity contribution in [2.24, 2.45) is 0 Å². The first kappa shape index (κ1) is 11.6. The van der Waals surface area contributed by atoms with Crippen molar-refractivity contribution in [3.8, 4) is 0 Å². The highest BCUT2D eigenvalue weighted by Crippen LogP contribution is 2.23. The SMILES string of the molecule is Cc1ccc([C@H](C)N2CCNCC2)c(F)c1. The van der Waals surface area contributed by atoms with E-state index >= 15 is 0 Å². The van der Waals surface area contributed by atoms with Crippen LogP contribution in [-0.2, 0) is 0 Å². The van der Waals surface area contributed by atoms with Crippen molar-refractivity contribution in [2.75, 3.05) is 26.2 Å². The fraction of sp³-hybridized carbons (Fsp3) is 0.538. The second-order valence-corrected chi connectivity index (χ2v) is 4.49. The quantitative estimate of drug-likeness (QED) is 0.824. The van der Waals surface area contributed by atoms with E-state index in [4.69, 9.17) is 0 Å². The van der Waals surface area contributed by atoms with Crippen molar-refractivity contribution in [3.63, 3.8) is 0 Å². The van der Waals surface area contributed by atoms with Crippen molar-refractivity contribution in [3.05, 3.63) is 35.1 Å². The van der Waals surface area contributed by atoms with Crippen LogP contribution in [0.15, 0.2) is 18.2 Å². The van der Waals surface area contributed by atoms with Crippen LogP contribution in [0.25, 0.3) is 0 Å². The molecule has 1 heterocycles. The van der Waals surface area contributed by atoms with Gasteiger partial charge in [0.1, 0.15) is 5.82 Å². The molecule has 0 spiro atoms. The molecule has 1 aliphatic rings. The standard InChI is InChI=1S/C13H19FN2/c1-10-3-4-12(13(14)9-10)11(2)16-7-5-15-6-8-16/h3-4,9,11,15H,5-8H2,1-2H3/t11-/m0/s1. The maximum absolute atomic E-state index is 13.8. The largest absolute Gasteiger partial charge is 0.314 e. The van der Waals surface area contributed by atoms with Crippen LogP contribution in [0.3, 0.4) is 0 Å². The van der Waals surface area contributed by atoms with E-state index in [9.17, 15) is 4.39 Å². The predicted molar refractivity (Wildman–Crippen MR) is 64.0 cm³/mol. The summed E-state index contributed by atoms with van der Waals surface area (Å²) in [5.74, 6) is -0.0777.